The third kappa shape index (κ3) is 4.67. The van der Waals surface area contributed by atoms with Crippen LogP contribution in [0.15, 0.2) is 53.8 Å². The van der Waals surface area contributed by atoms with Gasteiger partial charge < -0.3 is 19.7 Å². The minimum atomic E-state index is -0.575. The Labute approximate surface area is 178 Å². The van der Waals surface area contributed by atoms with E-state index >= 15 is 0 Å². The van der Waals surface area contributed by atoms with Crippen molar-refractivity contribution in [3.05, 3.63) is 70.0 Å². The van der Waals surface area contributed by atoms with Gasteiger partial charge in [-0.05, 0) is 36.6 Å². The van der Waals surface area contributed by atoms with E-state index in [1.807, 2.05) is 0 Å². The fraction of sp³-hybridized carbons (Fsp3) is 0.333. The van der Waals surface area contributed by atoms with E-state index in [0.717, 1.165) is 26.1 Å². The first-order valence-electron chi connectivity index (χ1n) is 9.75. The normalized spacial score (nSPS) is 15.7. The molecule has 1 atom stereocenters. The van der Waals surface area contributed by atoms with Gasteiger partial charge in [0.05, 0.1) is 23.4 Å². The first-order chi connectivity index (χ1) is 14.6. The molecular weight excluding hydrogens is 406 g/mol. The Bertz CT molecular complexity index is 1070. The number of pyridine rings is 2. The summed E-state index contributed by atoms with van der Waals surface area (Å²) in [5, 5.41) is 13.6. The standard InChI is InChI=1S/C21H22ClN5O3/c22-16-9-15(11-23-12-16)19(13-28)27-6-2-14(10-20(27)29)18-1-5-24-21(26-18)25-17-3-7-30-8-4-17/h1-2,5-6,9-12,17,19,28H,3-4,7-8,13H2,(H,24,25,26)/t19-/m1/s1. The second kappa shape index (κ2) is 9.34. The summed E-state index contributed by atoms with van der Waals surface area (Å²) in [6, 6.07) is 6.45. The summed E-state index contributed by atoms with van der Waals surface area (Å²) < 4.78 is 6.83. The Balaban J connectivity index is 1.58. The lowest BCUT2D eigenvalue weighted by molar-refractivity contribution is 0.0903. The zero-order valence-corrected chi connectivity index (χ0v) is 17.0. The van der Waals surface area contributed by atoms with Gasteiger partial charge in [-0.1, -0.05) is 11.6 Å². The quantitative estimate of drug-likeness (QED) is 0.623. The van der Waals surface area contributed by atoms with Crippen LogP contribution in [0.2, 0.25) is 5.02 Å². The summed E-state index contributed by atoms with van der Waals surface area (Å²) in [7, 11) is 0. The lowest BCUT2D eigenvalue weighted by atomic mass is 10.1. The van der Waals surface area contributed by atoms with Crippen LogP contribution < -0.4 is 10.9 Å². The number of nitrogens with one attached hydrogen (secondary N) is 1. The predicted molar refractivity (Wildman–Crippen MR) is 114 cm³/mol. The number of nitrogens with zero attached hydrogens (tertiary/aromatic N) is 4. The molecule has 0 saturated carbocycles. The molecule has 1 aliphatic rings. The van der Waals surface area contributed by atoms with Gasteiger partial charge in [0, 0.05) is 55.7 Å². The van der Waals surface area contributed by atoms with Crippen molar-refractivity contribution in [2.45, 2.75) is 24.9 Å². The molecule has 3 aromatic rings. The highest BCUT2D eigenvalue weighted by molar-refractivity contribution is 6.30. The van der Waals surface area contributed by atoms with E-state index < -0.39 is 6.04 Å². The molecule has 0 aromatic carbocycles. The van der Waals surface area contributed by atoms with E-state index in [9.17, 15) is 9.90 Å². The van der Waals surface area contributed by atoms with E-state index in [1.54, 1.807) is 36.8 Å². The molecule has 0 radical (unpaired) electrons. The molecule has 4 rings (SSSR count). The van der Waals surface area contributed by atoms with Crippen molar-refractivity contribution in [2.24, 2.45) is 0 Å². The van der Waals surface area contributed by atoms with Gasteiger partial charge in [-0.3, -0.25) is 9.78 Å². The summed E-state index contributed by atoms with van der Waals surface area (Å²) in [5.74, 6) is 0.529. The zero-order chi connectivity index (χ0) is 20.9. The molecule has 156 valence electrons. The Morgan fingerprint density at radius 2 is 2.10 bits per heavy atom. The van der Waals surface area contributed by atoms with Crippen LogP contribution >= 0.6 is 11.6 Å². The maximum Gasteiger partial charge on any atom is 0.251 e. The van der Waals surface area contributed by atoms with E-state index in [1.165, 1.54) is 16.8 Å². The Morgan fingerprint density at radius 1 is 1.27 bits per heavy atom. The number of halogens is 1. The molecule has 30 heavy (non-hydrogen) atoms. The molecule has 2 N–H and O–H groups in total. The molecule has 0 aliphatic carbocycles. The summed E-state index contributed by atoms with van der Waals surface area (Å²) >= 11 is 6.00. The second-order valence-corrected chi connectivity index (χ2v) is 7.53. The van der Waals surface area contributed by atoms with Gasteiger partial charge in [0.1, 0.15) is 0 Å². The maximum atomic E-state index is 12.8. The molecule has 0 unspecified atom stereocenters. The highest BCUT2D eigenvalue weighted by atomic mass is 35.5. The summed E-state index contributed by atoms with van der Waals surface area (Å²) in [6.45, 7) is 1.20. The molecule has 1 fully saturated rings. The molecule has 1 saturated heterocycles. The number of aliphatic hydroxyl groups is 1. The van der Waals surface area contributed by atoms with Crippen molar-refractivity contribution in [3.8, 4) is 11.3 Å². The summed E-state index contributed by atoms with van der Waals surface area (Å²) in [6.07, 6.45) is 8.23. The third-order valence-corrected chi connectivity index (χ3v) is 5.28. The Hall–Kier alpha value is -2.81. The average molecular weight is 428 g/mol. The number of ether oxygens (including phenoxy) is 1. The summed E-state index contributed by atoms with van der Waals surface area (Å²) in [5.41, 5.74) is 1.72. The van der Waals surface area contributed by atoms with Crippen molar-refractivity contribution >= 4 is 17.5 Å². The second-order valence-electron chi connectivity index (χ2n) is 7.09. The molecule has 3 aromatic heterocycles. The number of anilines is 1. The fourth-order valence-electron chi connectivity index (χ4n) is 3.48. The number of rotatable bonds is 6. The Kier molecular flexibility index (Phi) is 6.37. The van der Waals surface area contributed by atoms with Gasteiger partial charge in [-0.15, -0.1) is 0 Å². The highest BCUT2D eigenvalue weighted by Gasteiger charge is 2.17. The van der Waals surface area contributed by atoms with Crippen LogP contribution in [0.5, 0.6) is 0 Å². The monoisotopic (exact) mass is 427 g/mol. The number of aromatic nitrogens is 4. The van der Waals surface area contributed by atoms with Crippen LogP contribution in [0.4, 0.5) is 5.95 Å². The van der Waals surface area contributed by atoms with Gasteiger partial charge in [-0.25, -0.2) is 9.97 Å². The molecule has 1 aliphatic heterocycles. The Morgan fingerprint density at radius 3 is 2.83 bits per heavy atom. The maximum absolute atomic E-state index is 12.8. The van der Waals surface area contributed by atoms with Gasteiger partial charge in [0.25, 0.3) is 5.56 Å². The number of hydrogen-bond acceptors (Lipinski definition) is 7. The number of hydrogen-bond donors (Lipinski definition) is 2. The van der Waals surface area contributed by atoms with Crippen LogP contribution in [-0.4, -0.2) is 50.5 Å². The van der Waals surface area contributed by atoms with Crippen molar-refractivity contribution in [2.75, 3.05) is 25.1 Å². The van der Waals surface area contributed by atoms with Crippen molar-refractivity contribution in [1.82, 2.24) is 19.5 Å². The van der Waals surface area contributed by atoms with Crippen molar-refractivity contribution in [1.29, 1.82) is 0 Å². The molecule has 4 heterocycles. The van der Waals surface area contributed by atoms with Gasteiger partial charge in [0.2, 0.25) is 5.95 Å². The van der Waals surface area contributed by atoms with E-state index in [4.69, 9.17) is 16.3 Å². The van der Waals surface area contributed by atoms with Crippen LogP contribution in [0.3, 0.4) is 0 Å². The third-order valence-electron chi connectivity index (χ3n) is 5.07. The smallest absolute Gasteiger partial charge is 0.251 e. The van der Waals surface area contributed by atoms with Gasteiger partial charge >= 0.3 is 0 Å². The first kappa shape index (κ1) is 20.5. The molecule has 0 bridgehead atoms. The van der Waals surface area contributed by atoms with Crippen LogP contribution in [0.25, 0.3) is 11.3 Å². The van der Waals surface area contributed by atoms with Crippen LogP contribution in [0, 0.1) is 0 Å². The lowest BCUT2D eigenvalue weighted by Crippen LogP contribution is -2.28. The molecule has 0 amide bonds. The minimum Gasteiger partial charge on any atom is -0.394 e. The largest absolute Gasteiger partial charge is 0.394 e. The summed E-state index contributed by atoms with van der Waals surface area (Å²) in [4.78, 5) is 25.7. The van der Waals surface area contributed by atoms with Crippen LogP contribution in [0.1, 0.15) is 24.4 Å². The zero-order valence-electron chi connectivity index (χ0n) is 16.2. The van der Waals surface area contributed by atoms with E-state index in [-0.39, 0.29) is 18.2 Å². The fourth-order valence-corrected chi connectivity index (χ4v) is 3.67. The SMILES string of the molecule is O=c1cc(-c2ccnc(NC3CCOCC3)n2)ccn1[C@H](CO)c1cncc(Cl)c1. The molecule has 0 spiro atoms. The van der Waals surface area contributed by atoms with Crippen LogP contribution in [-0.2, 0) is 4.74 Å². The minimum absolute atomic E-state index is 0.256. The van der Waals surface area contributed by atoms with Gasteiger partial charge in [-0.2, -0.15) is 0 Å². The van der Waals surface area contributed by atoms with Gasteiger partial charge in [0.15, 0.2) is 0 Å². The molecular formula is C21H22ClN5O3. The highest BCUT2D eigenvalue weighted by Crippen LogP contribution is 2.21. The van der Waals surface area contributed by atoms with E-state index in [0.29, 0.717) is 27.8 Å². The molecule has 8 nitrogen and oxygen atoms in total. The average Bonchev–Trinajstić information content (AvgIpc) is 2.76. The first-order valence-corrected chi connectivity index (χ1v) is 10.1. The topological polar surface area (TPSA) is 102 Å². The number of aliphatic hydroxyl groups excluding tert-OH is 1. The predicted octanol–water partition coefficient (Wildman–Crippen LogP) is 2.53. The molecule has 9 heteroatoms. The van der Waals surface area contributed by atoms with Crippen molar-refractivity contribution < 1.29 is 9.84 Å². The van der Waals surface area contributed by atoms with Crippen molar-refractivity contribution in [3.63, 3.8) is 0 Å². The van der Waals surface area contributed by atoms with E-state index in [2.05, 4.69) is 20.3 Å². The lowest BCUT2D eigenvalue weighted by Gasteiger charge is -2.23.